The van der Waals surface area contributed by atoms with Crippen LogP contribution >= 0.6 is 11.6 Å². The van der Waals surface area contributed by atoms with E-state index in [9.17, 15) is 0 Å². The van der Waals surface area contributed by atoms with Gasteiger partial charge in [0.25, 0.3) is 0 Å². The smallest absolute Gasteiger partial charge is 0.127 e. The highest BCUT2D eigenvalue weighted by molar-refractivity contribution is 6.30. The van der Waals surface area contributed by atoms with Gasteiger partial charge in [0.05, 0.1) is 35.1 Å². The molecule has 4 rings (SSSR count). The highest BCUT2D eigenvalue weighted by atomic mass is 35.5. The SMILES string of the molecule is N#Cc1ccc2c(c1)NC(=NCc1cccc(Cl)c1)C1(CCOCC1)N2. The van der Waals surface area contributed by atoms with E-state index in [0.29, 0.717) is 30.3 Å². The van der Waals surface area contributed by atoms with E-state index >= 15 is 0 Å². The first-order valence-corrected chi connectivity index (χ1v) is 9.03. The average molecular weight is 367 g/mol. The molecule has 2 aliphatic rings. The molecule has 2 aliphatic heterocycles. The lowest BCUT2D eigenvalue weighted by molar-refractivity contribution is 0.0778. The minimum Gasteiger partial charge on any atom is -0.381 e. The van der Waals surface area contributed by atoms with Gasteiger partial charge in [-0.15, -0.1) is 0 Å². The predicted molar refractivity (Wildman–Crippen MR) is 104 cm³/mol. The molecule has 2 heterocycles. The van der Waals surface area contributed by atoms with Crippen molar-refractivity contribution in [3.8, 4) is 6.07 Å². The minimum absolute atomic E-state index is 0.266. The second-order valence-electron chi connectivity index (χ2n) is 6.61. The Morgan fingerprint density at radius 3 is 2.77 bits per heavy atom. The molecule has 5 nitrogen and oxygen atoms in total. The van der Waals surface area contributed by atoms with Crippen LogP contribution < -0.4 is 10.6 Å². The molecular weight excluding hydrogens is 348 g/mol. The van der Waals surface area contributed by atoms with Crippen LogP contribution in [0.3, 0.4) is 0 Å². The molecule has 0 aliphatic carbocycles. The molecule has 2 N–H and O–H groups in total. The van der Waals surface area contributed by atoms with Gasteiger partial charge >= 0.3 is 0 Å². The van der Waals surface area contributed by atoms with Gasteiger partial charge in [0.15, 0.2) is 0 Å². The number of benzene rings is 2. The Morgan fingerprint density at radius 1 is 1.15 bits per heavy atom. The van der Waals surface area contributed by atoms with Crippen LogP contribution in [0.15, 0.2) is 47.5 Å². The van der Waals surface area contributed by atoms with Gasteiger partial charge in [0.1, 0.15) is 5.84 Å². The molecule has 0 unspecified atom stereocenters. The third-order valence-corrected chi connectivity index (χ3v) is 5.12. The second-order valence-corrected chi connectivity index (χ2v) is 7.05. The van der Waals surface area contributed by atoms with Crippen LogP contribution in [0, 0.1) is 11.3 Å². The van der Waals surface area contributed by atoms with Crippen LogP contribution in [0.4, 0.5) is 11.4 Å². The van der Waals surface area contributed by atoms with Gasteiger partial charge in [0.2, 0.25) is 0 Å². The van der Waals surface area contributed by atoms with Gasteiger partial charge in [-0.1, -0.05) is 23.7 Å². The first kappa shape index (κ1) is 16.9. The fourth-order valence-corrected chi connectivity index (χ4v) is 3.68. The Hall–Kier alpha value is -2.55. The van der Waals surface area contributed by atoms with Crippen LogP contribution in [0.1, 0.15) is 24.0 Å². The summed E-state index contributed by atoms with van der Waals surface area (Å²) in [5.74, 6) is 0.892. The zero-order valence-electron chi connectivity index (χ0n) is 14.3. The summed E-state index contributed by atoms with van der Waals surface area (Å²) in [6.07, 6.45) is 1.68. The Morgan fingerprint density at radius 2 is 2.00 bits per heavy atom. The lowest BCUT2D eigenvalue weighted by Gasteiger charge is -2.43. The molecule has 0 saturated carbocycles. The van der Waals surface area contributed by atoms with E-state index in [1.165, 1.54) is 0 Å². The summed E-state index contributed by atoms with van der Waals surface area (Å²) in [4.78, 5) is 4.87. The third kappa shape index (κ3) is 3.26. The molecule has 132 valence electrons. The molecule has 2 aromatic rings. The largest absolute Gasteiger partial charge is 0.381 e. The van der Waals surface area contributed by atoms with Gasteiger partial charge in [-0.25, -0.2) is 0 Å². The summed E-state index contributed by atoms with van der Waals surface area (Å²) in [6, 6.07) is 15.6. The van der Waals surface area contributed by atoms with E-state index < -0.39 is 0 Å². The zero-order chi connectivity index (χ0) is 18.0. The van der Waals surface area contributed by atoms with Crippen LogP contribution in [-0.4, -0.2) is 24.6 Å². The fraction of sp³-hybridized carbons (Fsp3) is 0.300. The Labute approximate surface area is 157 Å². The molecule has 0 aromatic heterocycles. The second kappa shape index (κ2) is 6.99. The number of amidine groups is 1. The number of hydrogen-bond acceptors (Lipinski definition) is 4. The molecule has 1 saturated heterocycles. The molecule has 0 atom stereocenters. The maximum atomic E-state index is 9.17. The van der Waals surface area contributed by atoms with Crippen molar-refractivity contribution in [1.82, 2.24) is 0 Å². The van der Waals surface area contributed by atoms with Crippen LogP contribution in [0.2, 0.25) is 5.02 Å². The highest BCUT2D eigenvalue weighted by Crippen LogP contribution is 2.37. The van der Waals surface area contributed by atoms with Crippen LogP contribution in [-0.2, 0) is 11.3 Å². The van der Waals surface area contributed by atoms with Crippen molar-refractivity contribution in [2.24, 2.45) is 4.99 Å². The highest BCUT2D eigenvalue weighted by Gasteiger charge is 2.41. The number of halogens is 1. The van der Waals surface area contributed by atoms with Gasteiger partial charge in [-0.05, 0) is 35.9 Å². The van der Waals surface area contributed by atoms with Gasteiger partial charge < -0.3 is 15.4 Å². The standard InChI is InChI=1S/C20H19ClN4O/c21-16-3-1-2-15(10-16)13-23-19-20(6-8-26-9-7-20)25-17-5-4-14(12-22)11-18(17)24-19/h1-5,10-11,25H,6-9,13H2,(H,23,24). The van der Waals surface area contributed by atoms with E-state index in [1.54, 1.807) is 0 Å². The number of hydrogen-bond donors (Lipinski definition) is 2. The molecule has 26 heavy (non-hydrogen) atoms. The number of aliphatic imine (C=N–C) groups is 1. The number of nitrogens with one attached hydrogen (secondary N) is 2. The van der Waals surface area contributed by atoms with Crippen molar-refractivity contribution in [2.45, 2.75) is 24.9 Å². The number of nitrogens with zero attached hydrogens (tertiary/aromatic N) is 2. The Balaban J connectivity index is 1.69. The van der Waals surface area contributed by atoms with E-state index in [1.807, 2.05) is 42.5 Å². The average Bonchev–Trinajstić information content (AvgIpc) is 2.67. The topological polar surface area (TPSA) is 69.4 Å². The molecule has 6 heteroatoms. The van der Waals surface area contributed by atoms with E-state index in [4.69, 9.17) is 26.6 Å². The first-order chi connectivity index (χ1) is 12.7. The van der Waals surface area contributed by atoms with Crippen molar-refractivity contribution < 1.29 is 4.74 Å². The van der Waals surface area contributed by atoms with E-state index in [-0.39, 0.29) is 5.54 Å². The van der Waals surface area contributed by atoms with Crippen molar-refractivity contribution >= 4 is 28.8 Å². The number of anilines is 2. The normalized spacial score (nSPS) is 19.3. The molecule has 0 radical (unpaired) electrons. The lowest BCUT2D eigenvalue weighted by Crippen LogP contribution is -2.55. The molecular formula is C20H19ClN4O. The summed E-state index contributed by atoms with van der Waals surface area (Å²) >= 11 is 6.09. The van der Waals surface area contributed by atoms with Crippen LogP contribution in [0.5, 0.6) is 0 Å². The molecule has 0 bridgehead atoms. The van der Waals surface area contributed by atoms with Gasteiger partial charge in [-0.2, -0.15) is 5.26 Å². The summed E-state index contributed by atoms with van der Waals surface area (Å²) in [5.41, 5.74) is 3.29. The van der Waals surface area contributed by atoms with E-state index in [0.717, 1.165) is 35.6 Å². The van der Waals surface area contributed by atoms with Gasteiger partial charge in [0, 0.05) is 31.1 Å². The number of nitriles is 1. The van der Waals surface area contributed by atoms with Crippen molar-refractivity contribution in [3.63, 3.8) is 0 Å². The lowest BCUT2D eigenvalue weighted by atomic mass is 9.86. The summed E-state index contributed by atoms with van der Waals surface area (Å²) in [5, 5.41) is 17.0. The number of rotatable bonds is 2. The Kier molecular flexibility index (Phi) is 4.54. The number of fused-ring (bicyclic) bond motifs is 1. The Bertz CT molecular complexity index is 897. The molecule has 1 fully saturated rings. The quantitative estimate of drug-likeness (QED) is 0.835. The van der Waals surface area contributed by atoms with Crippen LogP contribution in [0.25, 0.3) is 0 Å². The summed E-state index contributed by atoms with van der Waals surface area (Å²) in [6.45, 7) is 1.92. The van der Waals surface area contributed by atoms with E-state index in [2.05, 4.69) is 16.7 Å². The minimum atomic E-state index is -0.266. The zero-order valence-corrected chi connectivity index (χ0v) is 15.0. The summed E-state index contributed by atoms with van der Waals surface area (Å²) in [7, 11) is 0. The predicted octanol–water partition coefficient (Wildman–Crippen LogP) is 4.20. The monoisotopic (exact) mass is 366 g/mol. The molecule has 1 spiro atoms. The molecule has 2 aromatic carbocycles. The maximum absolute atomic E-state index is 9.17. The maximum Gasteiger partial charge on any atom is 0.127 e. The fourth-order valence-electron chi connectivity index (χ4n) is 3.47. The van der Waals surface area contributed by atoms with Gasteiger partial charge in [-0.3, -0.25) is 4.99 Å². The molecule has 0 amide bonds. The number of ether oxygens (including phenoxy) is 1. The van der Waals surface area contributed by atoms with Crippen molar-refractivity contribution in [3.05, 3.63) is 58.6 Å². The van der Waals surface area contributed by atoms with Crippen molar-refractivity contribution in [1.29, 1.82) is 5.26 Å². The first-order valence-electron chi connectivity index (χ1n) is 8.65. The third-order valence-electron chi connectivity index (χ3n) is 4.88. The van der Waals surface area contributed by atoms with Crippen molar-refractivity contribution in [2.75, 3.05) is 23.8 Å². The summed E-state index contributed by atoms with van der Waals surface area (Å²) < 4.78 is 5.57.